The number of hydrogen-bond donors (Lipinski definition) is 2. The number of rotatable bonds is 12. The number of aliphatic imine (C=N–C) groups is 1. The van der Waals surface area contributed by atoms with Gasteiger partial charge in [0.25, 0.3) is 0 Å². The number of unbranched alkanes of at least 4 members (excludes halogenated alkanes) is 4. The Bertz CT molecular complexity index is 462. The molecule has 1 heterocycles. The van der Waals surface area contributed by atoms with Crippen LogP contribution >= 0.6 is 35.3 Å². The topological polar surface area (TPSA) is 52.6 Å². The average molecular weight is 481 g/mol. The van der Waals surface area contributed by atoms with E-state index in [1.54, 1.807) is 11.3 Å². The highest BCUT2D eigenvalue weighted by molar-refractivity contribution is 14.0. The number of aryl methyl sites for hydroxylation is 1. The van der Waals surface area contributed by atoms with Crippen LogP contribution in [0.5, 0.6) is 0 Å². The van der Waals surface area contributed by atoms with Crippen LogP contribution in [0, 0.1) is 6.92 Å². The summed E-state index contributed by atoms with van der Waals surface area (Å²) in [5.41, 5.74) is 1.17. The summed E-state index contributed by atoms with van der Waals surface area (Å²) in [6.45, 7) is 8.02. The van der Waals surface area contributed by atoms with E-state index in [-0.39, 0.29) is 24.0 Å². The van der Waals surface area contributed by atoms with Crippen molar-refractivity contribution >= 4 is 41.3 Å². The SMILES string of the molecule is CCNC(=NCCCCCCCN(C)C)NCCc1csc(C)n1.I. The molecule has 25 heavy (non-hydrogen) atoms. The summed E-state index contributed by atoms with van der Waals surface area (Å²) in [6, 6.07) is 0. The molecule has 1 aromatic heterocycles. The van der Waals surface area contributed by atoms with Gasteiger partial charge in [-0.05, 0) is 47.3 Å². The molecule has 0 aliphatic heterocycles. The summed E-state index contributed by atoms with van der Waals surface area (Å²) in [5.74, 6) is 0.928. The summed E-state index contributed by atoms with van der Waals surface area (Å²) in [7, 11) is 4.28. The molecule has 0 bridgehead atoms. The van der Waals surface area contributed by atoms with E-state index in [1.165, 1.54) is 44.3 Å². The van der Waals surface area contributed by atoms with Gasteiger partial charge in [-0.3, -0.25) is 4.99 Å². The van der Waals surface area contributed by atoms with E-state index < -0.39 is 0 Å². The van der Waals surface area contributed by atoms with Gasteiger partial charge in [0.2, 0.25) is 0 Å². The third-order valence-electron chi connectivity index (χ3n) is 3.72. The molecule has 0 aliphatic rings. The number of hydrogen-bond acceptors (Lipinski definition) is 4. The van der Waals surface area contributed by atoms with E-state index in [2.05, 4.69) is 51.9 Å². The summed E-state index contributed by atoms with van der Waals surface area (Å²) in [4.78, 5) is 11.4. The zero-order valence-electron chi connectivity index (χ0n) is 16.3. The molecule has 5 nitrogen and oxygen atoms in total. The highest BCUT2D eigenvalue weighted by Crippen LogP contribution is 2.07. The molecular formula is C18H36IN5S. The summed E-state index contributed by atoms with van der Waals surface area (Å²) in [5, 5.41) is 9.99. The van der Waals surface area contributed by atoms with Crippen LogP contribution in [0.1, 0.15) is 49.7 Å². The molecular weight excluding hydrogens is 445 g/mol. The average Bonchev–Trinajstić information content (AvgIpc) is 2.95. The maximum absolute atomic E-state index is 4.66. The fraction of sp³-hybridized carbons (Fsp3) is 0.778. The van der Waals surface area contributed by atoms with E-state index >= 15 is 0 Å². The first kappa shape index (κ1) is 24.6. The first-order chi connectivity index (χ1) is 11.6. The van der Waals surface area contributed by atoms with Crippen LogP contribution in [-0.2, 0) is 6.42 Å². The largest absolute Gasteiger partial charge is 0.357 e. The molecule has 146 valence electrons. The van der Waals surface area contributed by atoms with Gasteiger partial charge in [0.15, 0.2) is 5.96 Å². The van der Waals surface area contributed by atoms with Gasteiger partial charge in [-0.15, -0.1) is 35.3 Å². The lowest BCUT2D eigenvalue weighted by atomic mass is 10.1. The standard InChI is InChI=1S/C18H35N5S.HI/c1-5-19-18(21-13-11-17-15-24-16(2)22-17)20-12-9-7-6-8-10-14-23(3)4;/h15H,5-14H2,1-4H3,(H2,19,20,21);1H. The predicted octanol–water partition coefficient (Wildman–Crippen LogP) is 3.68. The zero-order chi connectivity index (χ0) is 17.6. The lowest BCUT2D eigenvalue weighted by molar-refractivity contribution is 0.390. The quantitative estimate of drug-likeness (QED) is 0.207. The molecule has 0 aliphatic carbocycles. The Hall–Kier alpha value is -0.410. The van der Waals surface area contributed by atoms with Crippen molar-refractivity contribution in [2.24, 2.45) is 4.99 Å². The lowest BCUT2D eigenvalue weighted by Gasteiger charge is -2.11. The van der Waals surface area contributed by atoms with Gasteiger partial charge in [-0.1, -0.05) is 19.3 Å². The Morgan fingerprint density at radius 2 is 1.88 bits per heavy atom. The Morgan fingerprint density at radius 3 is 2.52 bits per heavy atom. The number of nitrogens with zero attached hydrogens (tertiary/aromatic N) is 3. The van der Waals surface area contributed by atoms with Crippen LogP contribution in [0.15, 0.2) is 10.4 Å². The number of aromatic nitrogens is 1. The highest BCUT2D eigenvalue weighted by atomic mass is 127. The molecule has 0 spiro atoms. The second-order valence-electron chi connectivity index (χ2n) is 6.37. The Balaban J connectivity index is 0.00000576. The Kier molecular flexibility index (Phi) is 15.6. The lowest BCUT2D eigenvalue weighted by Crippen LogP contribution is -2.38. The first-order valence-corrected chi connectivity index (χ1v) is 10.1. The van der Waals surface area contributed by atoms with Gasteiger partial charge < -0.3 is 15.5 Å². The molecule has 0 amide bonds. The van der Waals surface area contributed by atoms with Crippen molar-refractivity contribution in [3.8, 4) is 0 Å². The van der Waals surface area contributed by atoms with Crippen molar-refractivity contribution < 1.29 is 0 Å². The second kappa shape index (κ2) is 15.8. The van der Waals surface area contributed by atoms with Crippen molar-refractivity contribution in [3.63, 3.8) is 0 Å². The smallest absolute Gasteiger partial charge is 0.191 e. The second-order valence-corrected chi connectivity index (χ2v) is 7.43. The zero-order valence-corrected chi connectivity index (χ0v) is 19.5. The van der Waals surface area contributed by atoms with Gasteiger partial charge in [-0.25, -0.2) is 4.98 Å². The molecule has 0 radical (unpaired) electrons. The third kappa shape index (κ3) is 13.5. The fourth-order valence-corrected chi connectivity index (χ4v) is 3.08. The van der Waals surface area contributed by atoms with E-state index in [4.69, 9.17) is 0 Å². The van der Waals surface area contributed by atoms with Crippen molar-refractivity contribution in [2.45, 2.75) is 52.4 Å². The normalized spacial score (nSPS) is 11.5. The molecule has 1 aromatic rings. The predicted molar refractivity (Wildman–Crippen MR) is 122 cm³/mol. The van der Waals surface area contributed by atoms with Gasteiger partial charge >= 0.3 is 0 Å². The van der Waals surface area contributed by atoms with Gasteiger partial charge in [0, 0.05) is 31.4 Å². The summed E-state index contributed by atoms with van der Waals surface area (Å²) < 4.78 is 0. The maximum Gasteiger partial charge on any atom is 0.191 e. The molecule has 0 saturated heterocycles. The minimum absolute atomic E-state index is 0. The maximum atomic E-state index is 4.66. The molecule has 0 saturated carbocycles. The number of guanidine groups is 1. The fourth-order valence-electron chi connectivity index (χ4n) is 2.43. The van der Waals surface area contributed by atoms with E-state index in [1.807, 2.05) is 6.92 Å². The molecule has 0 atom stereocenters. The minimum atomic E-state index is 0. The van der Waals surface area contributed by atoms with Crippen molar-refractivity contribution in [1.82, 2.24) is 20.5 Å². The molecule has 7 heteroatoms. The van der Waals surface area contributed by atoms with Crippen molar-refractivity contribution in [1.29, 1.82) is 0 Å². The van der Waals surface area contributed by atoms with Gasteiger partial charge in [0.05, 0.1) is 10.7 Å². The summed E-state index contributed by atoms with van der Waals surface area (Å²) >= 11 is 1.71. The third-order valence-corrected chi connectivity index (χ3v) is 4.54. The summed E-state index contributed by atoms with van der Waals surface area (Å²) in [6.07, 6.45) is 7.33. The monoisotopic (exact) mass is 481 g/mol. The molecule has 0 unspecified atom stereocenters. The molecule has 2 N–H and O–H groups in total. The van der Waals surface area contributed by atoms with E-state index in [9.17, 15) is 0 Å². The van der Waals surface area contributed by atoms with Crippen LogP contribution in [0.4, 0.5) is 0 Å². The van der Waals surface area contributed by atoms with E-state index in [0.29, 0.717) is 0 Å². The molecule has 0 aromatic carbocycles. The number of thiazole rings is 1. The van der Waals surface area contributed by atoms with Crippen LogP contribution in [0.3, 0.4) is 0 Å². The van der Waals surface area contributed by atoms with Gasteiger partial charge in [0.1, 0.15) is 0 Å². The van der Waals surface area contributed by atoms with Crippen molar-refractivity contribution in [3.05, 3.63) is 16.1 Å². The Morgan fingerprint density at radius 1 is 1.16 bits per heavy atom. The van der Waals surface area contributed by atoms with Crippen LogP contribution in [0.2, 0.25) is 0 Å². The highest BCUT2D eigenvalue weighted by Gasteiger charge is 2.00. The molecule has 0 fully saturated rings. The van der Waals surface area contributed by atoms with Crippen LogP contribution in [0.25, 0.3) is 0 Å². The number of nitrogens with one attached hydrogen (secondary N) is 2. The first-order valence-electron chi connectivity index (χ1n) is 9.19. The number of halogens is 1. The van der Waals surface area contributed by atoms with Crippen LogP contribution < -0.4 is 10.6 Å². The molecule has 1 rings (SSSR count). The van der Waals surface area contributed by atoms with Gasteiger partial charge in [-0.2, -0.15) is 0 Å². The minimum Gasteiger partial charge on any atom is -0.357 e. The van der Waals surface area contributed by atoms with E-state index in [0.717, 1.165) is 37.0 Å². The van der Waals surface area contributed by atoms with Crippen LogP contribution in [-0.4, -0.2) is 56.1 Å². The van der Waals surface area contributed by atoms with Crippen molar-refractivity contribution in [2.75, 3.05) is 40.3 Å². The Labute approximate surface area is 175 Å².